The summed E-state index contributed by atoms with van der Waals surface area (Å²) in [6, 6.07) is 0. The lowest BCUT2D eigenvalue weighted by atomic mass is 10.4. The first-order chi connectivity index (χ1) is 9.20. The predicted molar refractivity (Wildman–Crippen MR) is 68.1 cm³/mol. The highest BCUT2D eigenvalue weighted by atomic mass is 32.1. The van der Waals surface area contributed by atoms with Crippen LogP contribution in [-0.4, -0.2) is 33.4 Å². The van der Waals surface area contributed by atoms with E-state index in [2.05, 4.69) is 20.3 Å². The first-order valence-electron chi connectivity index (χ1n) is 5.40. The van der Waals surface area contributed by atoms with Gasteiger partial charge in [0.05, 0.1) is 12.8 Å². The average molecular weight is 278 g/mol. The number of amides is 1. The molecule has 0 fully saturated rings. The van der Waals surface area contributed by atoms with Crippen molar-refractivity contribution < 1.29 is 14.3 Å². The third kappa shape index (κ3) is 3.32. The van der Waals surface area contributed by atoms with Gasteiger partial charge in [0.1, 0.15) is 5.69 Å². The molecule has 1 amide bonds. The van der Waals surface area contributed by atoms with Gasteiger partial charge in [0.25, 0.3) is 5.91 Å². The van der Waals surface area contributed by atoms with Crippen molar-refractivity contribution >= 4 is 28.3 Å². The maximum atomic E-state index is 11.8. The van der Waals surface area contributed by atoms with Crippen LogP contribution in [-0.2, 0) is 4.74 Å². The van der Waals surface area contributed by atoms with Crippen LogP contribution in [0.25, 0.3) is 0 Å². The minimum absolute atomic E-state index is 0.168. The largest absolute Gasteiger partial charge is 0.461 e. The van der Waals surface area contributed by atoms with Crippen LogP contribution in [0.5, 0.6) is 0 Å². The van der Waals surface area contributed by atoms with E-state index < -0.39 is 11.9 Å². The van der Waals surface area contributed by atoms with E-state index in [0.29, 0.717) is 5.13 Å². The summed E-state index contributed by atoms with van der Waals surface area (Å²) in [5.41, 5.74) is 0.344. The Morgan fingerprint density at radius 2 is 2.21 bits per heavy atom. The zero-order valence-corrected chi connectivity index (χ0v) is 10.8. The molecule has 0 unspecified atom stereocenters. The van der Waals surface area contributed by atoms with Crippen LogP contribution in [0.2, 0.25) is 0 Å². The monoisotopic (exact) mass is 278 g/mol. The summed E-state index contributed by atoms with van der Waals surface area (Å²) in [6.07, 6.45) is 4.23. The summed E-state index contributed by atoms with van der Waals surface area (Å²) in [5.74, 6) is -0.948. The molecule has 0 aliphatic carbocycles. The number of nitrogens with one attached hydrogen (secondary N) is 1. The SMILES string of the molecule is CCOC(=O)c1csc(NC(=O)c2cnccn2)n1. The smallest absolute Gasteiger partial charge is 0.357 e. The van der Waals surface area contributed by atoms with Crippen LogP contribution in [0.3, 0.4) is 0 Å². The number of nitrogens with zero attached hydrogens (tertiary/aromatic N) is 3. The molecule has 0 aliphatic rings. The lowest BCUT2D eigenvalue weighted by Crippen LogP contribution is -2.14. The molecule has 2 rings (SSSR count). The second-order valence-electron chi connectivity index (χ2n) is 3.30. The molecule has 0 saturated carbocycles. The molecule has 2 aromatic heterocycles. The van der Waals surface area contributed by atoms with Crippen molar-refractivity contribution in [1.82, 2.24) is 15.0 Å². The van der Waals surface area contributed by atoms with Gasteiger partial charge in [0.15, 0.2) is 10.8 Å². The molecule has 0 bridgehead atoms. The number of aromatic nitrogens is 3. The number of hydrogen-bond donors (Lipinski definition) is 1. The van der Waals surface area contributed by atoms with Crippen molar-refractivity contribution in [3.05, 3.63) is 35.4 Å². The third-order valence-electron chi connectivity index (χ3n) is 2.01. The zero-order valence-electron chi connectivity index (χ0n) is 9.99. The second-order valence-corrected chi connectivity index (χ2v) is 4.16. The van der Waals surface area contributed by atoms with Gasteiger partial charge < -0.3 is 4.74 Å². The van der Waals surface area contributed by atoms with Gasteiger partial charge in [-0.2, -0.15) is 0 Å². The van der Waals surface area contributed by atoms with Crippen LogP contribution in [0, 0.1) is 0 Å². The van der Waals surface area contributed by atoms with Gasteiger partial charge >= 0.3 is 5.97 Å². The molecule has 8 heteroatoms. The first-order valence-corrected chi connectivity index (χ1v) is 6.28. The maximum absolute atomic E-state index is 11.8. The summed E-state index contributed by atoms with van der Waals surface area (Å²) >= 11 is 1.13. The standard InChI is InChI=1S/C11H10N4O3S/c1-2-18-10(17)8-6-19-11(14-8)15-9(16)7-5-12-3-4-13-7/h3-6H,2H2,1H3,(H,14,15,16). The summed E-state index contributed by atoms with van der Waals surface area (Å²) < 4.78 is 4.80. The number of carbonyl (C=O) groups is 2. The quantitative estimate of drug-likeness (QED) is 0.849. The molecule has 0 atom stereocenters. The molecule has 98 valence electrons. The number of anilines is 1. The second kappa shape index (κ2) is 6.01. The molecule has 1 N–H and O–H groups in total. The Hall–Kier alpha value is -2.35. The fourth-order valence-electron chi connectivity index (χ4n) is 1.21. The molecule has 7 nitrogen and oxygen atoms in total. The highest BCUT2D eigenvalue weighted by Gasteiger charge is 2.14. The fourth-order valence-corrected chi connectivity index (χ4v) is 1.88. The number of hydrogen-bond acceptors (Lipinski definition) is 7. The third-order valence-corrected chi connectivity index (χ3v) is 2.76. The van der Waals surface area contributed by atoms with Gasteiger partial charge in [-0.1, -0.05) is 0 Å². The molecular formula is C11H10N4O3S. The van der Waals surface area contributed by atoms with E-state index in [1.165, 1.54) is 24.0 Å². The van der Waals surface area contributed by atoms with Crippen molar-refractivity contribution in [3.8, 4) is 0 Å². The fraction of sp³-hybridized carbons (Fsp3) is 0.182. The highest BCUT2D eigenvalue weighted by molar-refractivity contribution is 7.14. The Kier molecular flexibility index (Phi) is 4.14. The Morgan fingerprint density at radius 1 is 1.37 bits per heavy atom. The van der Waals surface area contributed by atoms with E-state index in [1.54, 1.807) is 6.92 Å². The van der Waals surface area contributed by atoms with Gasteiger partial charge in [-0.25, -0.2) is 14.8 Å². The van der Waals surface area contributed by atoms with E-state index in [0.717, 1.165) is 11.3 Å². The average Bonchev–Trinajstić information content (AvgIpc) is 2.88. The first kappa shape index (κ1) is 13.1. The van der Waals surface area contributed by atoms with E-state index in [-0.39, 0.29) is 18.0 Å². The highest BCUT2D eigenvalue weighted by Crippen LogP contribution is 2.16. The molecule has 19 heavy (non-hydrogen) atoms. The van der Waals surface area contributed by atoms with E-state index in [4.69, 9.17) is 4.74 Å². The summed E-state index contributed by atoms with van der Waals surface area (Å²) in [4.78, 5) is 34.8. The minimum Gasteiger partial charge on any atom is -0.461 e. The molecule has 0 aromatic carbocycles. The van der Waals surface area contributed by atoms with Crippen molar-refractivity contribution in [3.63, 3.8) is 0 Å². The van der Waals surface area contributed by atoms with E-state index >= 15 is 0 Å². The molecule has 2 heterocycles. The van der Waals surface area contributed by atoms with Crippen molar-refractivity contribution in [2.75, 3.05) is 11.9 Å². The summed E-state index contributed by atoms with van der Waals surface area (Å²) in [6.45, 7) is 1.98. The van der Waals surface area contributed by atoms with E-state index in [9.17, 15) is 9.59 Å². The minimum atomic E-state index is -0.515. The normalized spacial score (nSPS) is 9.95. The van der Waals surface area contributed by atoms with Crippen molar-refractivity contribution in [2.24, 2.45) is 0 Å². The molecule has 0 aliphatic heterocycles. The van der Waals surface area contributed by atoms with Gasteiger partial charge in [-0.05, 0) is 6.92 Å². The topological polar surface area (TPSA) is 94.1 Å². The van der Waals surface area contributed by atoms with Gasteiger partial charge in [-0.3, -0.25) is 15.1 Å². The number of thiazole rings is 1. The van der Waals surface area contributed by atoms with Crippen LogP contribution < -0.4 is 5.32 Å². The summed E-state index contributed by atoms with van der Waals surface area (Å²) in [5, 5.41) is 4.36. The summed E-state index contributed by atoms with van der Waals surface area (Å²) in [7, 11) is 0. The van der Waals surface area contributed by atoms with Crippen LogP contribution in [0.1, 0.15) is 27.9 Å². The zero-order chi connectivity index (χ0) is 13.7. The number of rotatable bonds is 4. The van der Waals surface area contributed by atoms with Gasteiger partial charge in [0.2, 0.25) is 0 Å². The van der Waals surface area contributed by atoms with Crippen LogP contribution in [0.4, 0.5) is 5.13 Å². The molecule has 0 spiro atoms. The number of carbonyl (C=O) groups excluding carboxylic acids is 2. The molecular weight excluding hydrogens is 268 g/mol. The lowest BCUT2D eigenvalue weighted by molar-refractivity contribution is 0.0520. The van der Waals surface area contributed by atoms with Crippen molar-refractivity contribution in [1.29, 1.82) is 0 Å². The lowest BCUT2D eigenvalue weighted by Gasteiger charge is -1.99. The number of esters is 1. The number of ether oxygens (including phenoxy) is 1. The van der Waals surface area contributed by atoms with Gasteiger partial charge in [0, 0.05) is 17.8 Å². The Labute approximate surface area is 112 Å². The van der Waals surface area contributed by atoms with Crippen molar-refractivity contribution in [2.45, 2.75) is 6.92 Å². The predicted octanol–water partition coefficient (Wildman–Crippen LogP) is 1.36. The van der Waals surface area contributed by atoms with Gasteiger partial charge in [-0.15, -0.1) is 11.3 Å². The van der Waals surface area contributed by atoms with E-state index in [1.807, 2.05) is 0 Å². The van der Waals surface area contributed by atoms with Crippen LogP contribution >= 0.6 is 11.3 Å². The molecule has 0 saturated heterocycles. The Bertz CT molecular complexity index is 585. The Morgan fingerprint density at radius 3 is 2.89 bits per heavy atom. The molecule has 2 aromatic rings. The van der Waals surface area contributed by atoms with Crippen LogP contribution in [0.15, 0.2) is 24.0 Å². The Balaban J connectivity index is 2.04. The maximum Gasteiger partial charge on any atom is 0.357 e. The molecule has 0 radical (unpaired) electrons.